The highest BCUT2D eigenvalue weighted by Gasteiger charge is 2.53. The molecule has 0 saturated heterocycles. The lowest BCUT2D eigenvalue weighted by molar-refractivity contribution is 0.0224. The molecule has 0 amide bonds. The Morgan fingerprint density at radius 1 is 0.627 bits per heavy atom. The molecule has 6 heteroatoms. The minimum atomic E-state index is -1.11. The van der Waals surface area contributed by atoms with Crippen molar-refractivity contribution in [1.82, 2.24) is 0 Å². The highest BCUT2D eigenvalue weighted by atomic mass is 35.5. The van der Waals surface area contributed by atoms with Crippen LogP contribution in [0.3, 0.4) is 0 Å². The molecular weight excluding hydrogens is 652 g/mol. The second-order valence-electron chi connectivity index (χ2n) is 14.8. The Bertz CT molecular complexity index is 1520. The van der Waals surface area contributed by atoms with Crippen LogP contribution in [0.1, 0.15) is 169 Å². The number of carbonyl (C=O) groups is 1. The van der Waals surface area contributed by atoms with Gasteiger partial charge in [0, 0.05) is 54.6 Å². The molecule has 3 aromatic carbocycles. The predicted octanol–water partition coefficient (Wildman–Crippen LogP) is 13.6. The SMILES string of the molecule is CCCCCCCCCCCCN(CCCCCCCCCCCC)c1ccc2c(c1)Oc1cc(Cl)c(NC)cc1C21OC(=O)c2ccccc21. The average molecular weight is 715 g/mol. The van der Waals surface area contributed by atoms with Crippen molar-refractivity contribution >= 4 is 28.9 Å². The van der Waals surface area contributed by atoms with Crippen LogP contribution in [0.25, 0.3) is 0 Å². The summed E-state index contributed by atoms with van der Waals surface area (Å²) in [5.74, 6) is 1.01. The van der Waals surface area contributed by atoms with Crippen LogP contribution < -0.4 is 15.0 Å². The highest BCUT2D eigenvalue weighted by Crippen LogP contribution is 2.57. The molecule has 51 heavy (non-hydrogen) atoms. The fourth-order valence-electron chi connectivity index (χ4n) is 8.02. The lowest BCUT2D eigenvalue weighted by Crippen LogP contribution is -2.33. The number of fused-ring (bicyclic) bond motifs is 6. The van der Waals surface area contributed by atoms with Crippen LogP contribution in [0.15, 0.2) is 54.6 Å². The summed E-state index contributed by atoms with van der Waals surface area (Å²) in [4.78, 5) is 15.9. The molecule has 278 valence electrons. The van der Waals surface area contributed by atoms with Gasteiger partial charge in [0.25, 0.3) is 0 Å². The fourth-order valence-corrected chi connectivity index (χ4v) is 8.27. The summed E-state index contributed by atoms with van der Waals surface area (Å²) in [6, 6.07) is 18.0. The number of halogens is 1. The molecule has 1 N–H and O–H groups in total. The number of rotatable bonds is 24. The quantitative estimate of drug-likeness (QED) is 0.0739. The smallest absolute Gasteiger partial charge is 0.340 e. The molecule has 0 fully saturated rings. The molecule has 3 aromatic rings. The summed E-state index contributed by atoms with van der Waals surface area (Å²) in [6.07, 6.45) is 26.6. The molecule has 1 unspecified atom stereocenters. The standard InChI is InChI=1S/C45H63ClN2O3/c1-4-6-8-10-12-14-16-18-20-24-30-48(31-25-21-19-17-15-13-11-9-7-5-2)35-28-29-38-42(32-35)50-43-34-40(46)41(47-3)33-39(43)45(38)37-27-23-22-26-36(37)44(49)51-45/h22-23,26-29,32-34,47H,4-21,24-25,30-31H2,1-3H3. The maximum absolute atomic E-state index is 13.4. The summed E-state index contributed by atoms with van der Waals surface area (Å²) in [5, 5.41) is 3.75. The van der Waals surface area contributed by atoms with Gasteiger partial charge in [0.1, 0.15) is 11.5 Å². The highest BCUT2D eigenvalue weighted by molar-refractivity contribution is 6.33. The van der Waals surface area contributed by atoms with Crippen molar-refractivity contribution in [1.29, 1.82) is 0 Å². The van der Waals surface area contributed by atoms with Gasteiger partial charge in [-0.2, -0.15) is 0 Å². The summed E-state index contributed by atoms with van der Waals surface area (Å²) in [7, 11) is 1.84. The maximum Gasteiger partial charge on any atom is 0.340 e. The van der Waals surface area contributed by atoms with Gasteiger partial charge >= 0.3 is 5.97 Å². The van der Waals surface area contributed by atoms with Crippen LogP contribution in [0.2, 0.25) is 5.02 Å². The molecule has 2 aliphatic heterocycles. The average Bonchev–Trinajstić information content (AvgIpc) is 3.44. The summed E-state index contributed by atoms with van der Waals surface area (Å²) in [5.41, 5.74) is 3.87. The van der Waals surface area contributed by atoms with Gasteiger partial charge in [0.15, 0.2) is 5.60 Å². The lowest BCUT2D eigenvalue weighted by Gasteiger charge is -2.37. The minimum Gasteiger partial charge on any atom is -0.456 e. The second kappa shape index (κ2) is 20.2. The maximum atomic E-state index is 13.4. The Morgan fingerprint density at radius 3 is 1.73 bits per heavy atom. The van der Waals surface area contributed by atoms with Crippen LogP contribution in [-0.2, 0) is 10.3 Å². The van der Waals surface area contributed by atoms with Crippen molar-refractivity contribution in [2.45, 2.75) is 148 Å². The van der Waals surface area contributed by atoms with Gasteiger partial charge in [-0.25, -0.2) is 4.79 Å². The molecule has 0 radical (unpaired) electrons. The number of benzene rings is 3. The van der Waals surface area contributed by atoms with Crippen molar-refractivity contribution in [2.75, 3.05) is 30.4 Å². The zero-order valence-electron chi connectivity index (χ0n) is 31.8. The number of anilines is 2. The normalized spacial score (nSPS) is 15.6. The van der Waals surface area contributed by atoms with Crippen LogP contribution >= 0.6 is 11.6 Å². The van der Waals surface area contributed by atoms with Gasteiger partial charge < -0.3 is 19.7 Å². The van der Waals surface area contributed by atoms with Crippen LogP contribution in [0.4, 0.5) is 11.4 Å². The number of nitrogens with zero attached hydrogens (tertiary/aromatic N) is 1. The number of hydrogen-bond donors (Lipinski definition) is 1. The van der Waals surface area contributed by atoms with E-state index in [1.807, 2.05) is 43.4 Å². The third-order valence-corrected chi connectivity index (χ3v) is 11.3. The zero-order chi connectivity index (χ0) is 35.9. The molecule has 2 heterocycles. The third-order valence-electron chi connectivity index (χ3n) is 11.0. The van der Waals surface area contributed by atoms with E-state index in [0.717, 1.165) is 41.2 Å². The number of hydrogen-bond acceptors (Lipinski definition) is 5. The van der Waals surface area contributed by atoms with E-state index in [2.05, 4.69) is 42.3 Å². The predicted molar refractivity (Wildman–Crippen MR) is 215 cm³/mol. The van der Waals surface area contributed by atoms with Crippen molar-refractivity contribution in [2.24, 2.45) is 0 Å². The van der Waals surface area contributed by atoms with Gasteiger partial charge in [0.05, 0.1) is 16.3 Å². The van der Waals surface area contributed by atoms with E-state index in [1.54, 1.807) is 0 Å². The van der Waals surface area contributed by atoms with Crippen molar-refractivity contribution in [3.05, 3.63) is 81.9 Å². The first-order valence-electron chi connectivity index (χ1n) is 20.4. The second-order valence-corrected chi connectivity index (χ2v) is 15.2. The van der Waals surface area contributed by atoms with Gasteiger partial charge in [0.2, 0.25) is 0 Å². The summed E-state index contributed by atoms with van der Waals surface area (Å²) in [6.45, 7) is 6.63. The van der Waals surface area contributed by atoms with Crippen molar-refractivity contribution in [3.8, 4) is 11.5 Å². The Kier molecular flexibility index (Phi) is 15.4. The number of unbranched alkanes of at least 4 members (excludes halogenated alkanes) is 18. The molecule has 2 aliphatic rings. The van der Waals surface area contributed by atoms with E-state index in [4.69, 9.17) is 21.1 Å². The zero-order valence-corrected chi connectivity index (χ0v) is 32.6. The fraction of sp³-hybridized carbons (Fsp3) is 0.578. The van der Waals surface area contributed by atoms with E-state index in [9.17, 15) is 4.79 Å². The number of nitrogens with one attached hydrogen (secondary N) is 1. The van der Waals surface area contributed by atoms with E-state index >= 15 is 0 Å². The molecule has 0 aliphatic carbocycles. The first kappa shape index (κ1) is 39.0. The molecule has 5 nitrogen and oxygen atoms in total. The number of ether oxygens (including phenoxy) is 2. The Balaban J connectivity index is 1.31. The van der Waals surface area contributed by atoms with Gasteiger partial charge in [-0.05, 0) is 37.1 Å². The molecule has 0 bridgehead atoms. The third kappa shape index (κ3) is 9.83. The topological polar surface area (TPSA) is 50.8 Å². The van der Waals surface area contributed by atoms with Crippen molar-refractivity contribution in [3.63, 3.8) is 0 Å². The van der Waals surface area contributed by atoms with Crippen LogP contribution in [0.5, 0.6) is 11.5 Å². The molecule has 1 atom stereocenters. The Morgan fingerprint density at radius 2 is 1.16 bits per heavy atom. The van der Waals surface area contributed by atoms with Gasteiger partial charge in [-0.15, -0.1) is 0 Å². The Labute approximate surface area is 313 Å². The first-order chi connectivity index (χ1) is 25.0. The Hall–Kier alpha value is -3.18. The molecular formula is C45H63ClN2O3. The van der Waals surface area contributed by atoms with Gasteiger partial charge in [-0.3, -0.25) is 0 Å². The molecule has 5 rings (SSSR count). The van der Waals surface area contributed by atoms with Crippen LogP contribution in [0, 0.1) is 0 Å². The van der Waals surface area contributed by atoms with Crippen molar-refractivity contribution < 1.29 is 14.3 Å². The van der Waals surface area contributed by atoms with Gasteiger partial charge in [-0.1, -0.05) is 159 Å². The monoisotopic (exact) mass is 714 g/mol. The van der Waals surface area contributed by atoms with E-state index in [-0.39, 0.29) is 5.97 Å². The first-order valence-corrected chi connectivity index (χ1v) is 20.8. The largest absolute Gasteiger partial charge is 0.456 e. The number of esters is 1. The minimum absolute atomic E-state index is 0.321. The summed E-state index contributed by atoms with van der Waals surface area (Å²) < 4.78 is 13.1. The lowest BCUT2D eigenvalue weighted by atomic mass is 9.77. The number of carbonyl (C=O) groups excluding carboxylic acids is 1. The van der Waals surface area contributed by atoms with Crippen LogP contribution in [-0.4, -0.2) is 26.1 Å². The van der Waals surface area contributed by atoms with E-state index in [0.29, 0.717) is 22.1 Å². The van der Waals surface area contributed by atoms with E-state index < -0.39 is 5.60 Å². The molecule has 0 saturated carbocycles. The van der Waals surface area contributed by atoms with E-state index in [1.165, 1.54) is 128 Å². The summed E-state index contributed by atoms with van der Waals surface area (Å²) >= 11 is 6.70. The molecule has 1 spiro atoms. The molecule has 0 aromatic heterocycles.